The van der Waals surface area contributed by atoms with E-state index in [2.05, 4.69) is 22.5 Å². The Labute approximate surface area is 80.7 Å². The molecular weight excluding hydrogens is 166 g/mol. The zero-order chi connectivity index (χ0) is 10.3. The van der Waals surface area contributed by atoms with Crippen LogP contribution in [0.2, 0.25) is 0 Å². The van der Waals surface area contributed by atoms with Gasteiger partial charge < -0.3 is 15.5 Å². The van der Waals surface area contributed by atoms with E-state index in [-0.39, 0.29) is 5.91 Å². The van der Waals surface area contributed by atoms with Gasteiger partial charge in [0.2, 0.25) is 5.91 Å². The molecule has 1 atom stereocenters. The lowest BCUT2D eigenvalue weighted by atomic mass is 10.3. The van der Waals surface area contributed by atoms with Crippen molar-refractivity contribution in [2.45, 2.75) is 19.4 Å². The average Bonchev–Trinajstić information content (AvgIpc) is 2.11. The topological polar surface area (TPSA) is 44.4 Å². The predicted octanol–water partition coefficient (Wildman–Crippen LogP) is -0.338. The van der Waals surface area contributed by atoms with Gasteiger partial charge in [-0.1, -0.05) is 0 Å². The van der Waals surface area contributed by atoms with Gasteiger partial charge in [-0.25, -0.2) is 0 Å². The van der Waals surface area contributed by atoms with Crippen LogP contribution in [0.5, 0.6) is 0 Å². The van der Waals surface area contributed by atoms with Gasteiger partial charge in [-0.05, 0) is 21.0 Å². The van der Waals surface area contributed by atoms with E-state index in [1.807, 2.05) is 14.1 Å². The van der Waals surface area contributed by atoms with Crippen LogP contribution in [0, 0.1) is 0 Å². The second-order valence-electron chi connectivity index (χ2n) is 3.44. The normalized spacial score (nSPS) is 13.0. The van der Waals surface area contributed by atoms with Crippen LogP contribution in [-0.4, -0.2) is 51.1 Å². The average molecular weight is 187 g/mol. The van der Waals surface area contributed by atoms with Gasteiger partial charge in [0.25, 0.3) is 0 Å². The molecule has 1 amide bonds. The highest BCUT2D eigenvalue weighted by molar-refractivity contribution is 5.75. The van der Waals surface area contributed by atoms with Crippen LogP contribution >= 0.6 is 0 Å². The first-order valence-electron chi connectivity index (χ1n) is 4.65. The molecule has 78 valence electrons. The Balaban J connectivity index is 3.30. The maximum atomic E-state index is 10.8. The molecule has 0 rings (SSSR count). The number of hydrogen-bond acceptors (Lipinski definition) is 3. The molecule has 0 aromatic heterocycles. The highest BCUT2D eigenvalue weighted by Gasteiger charge is 2.03. The lowest BCUT2D eigenvalue weighted by molar-refractivity contribution is -0.120. The van der Waals surface area contributed by atoms with Crippen molar-refractivity contribution in [2.75, 3.05) is 34.2 Å². The van der Waals surface area contributed by atoms with E-state index in [4.69, 9.17) is 0 Å². The molecule has 1 unspecified atom stereocenters. The standard InChI is InChI=1S/C9H21N3O/c1-8(12(3)4)7-11-6-5-9(13)10-2/h8,11H,5-7H2,1-4H3,(H,10,13). The molecule has 0 fully saturated rings. The van der Waals surface area contributed by atoms with Crippen LogP contribution in [0.3, 0.4) is 0 Å². The number of nitrogens with zero attached hydrogens (tertiary/aromatic N) is 1. The minimum Gasteiger partial charge on any atom is -0.359 e. The van der Waals surface area contributed by atoms with E-state index < -0.39 is 0 Å². The Morgan fingerprint density at radius 3 is 2.54 bits per heavy atom. The van der Waals surface area contributed by atoms with E-state index in [0.717, 1.165) is 13.1 Å². The van der Waals surface area contributed by atoms with Gasteiger partial charge >= 0.3 is 0 Å². The molecule has 0 aromatic carbocycles. The Kier molecular flexibility index (Phi) is 6.54. The summed E-state index contributed by atoms with van der Waals surface area (Å²) in [5.41, 5.74) is 0. The van der Waals surface area contributed by atoms with Crippen molar-refractivity contribution in [3.8, 4) is 0 Å². The first-order valence-corrected chi connectivity index (χ1v) is 4.65. The number of carbonyl (C=O) groups is 1. The molecule has 0 aromatic rings. The number of likely N-dealkylation sites (N-methyl/N-ethyl adjacent to an activating group) is 1. The Morgan fingerprint density at radius 1 is 1.46 bits per heavy atom. The second kappa shape index (κ2) is 6.86. The molecule has 0 aliphatic heterocycles. The van der Waals surface area contributed by atoms with E-state index in [1.54, 1.807) is 7.05 Å². The summed E-state index contributed by atoms with van der Waals surface area (Å²) in [6.07, 6.45) is 0.552. The SMILES string of the molecule is CNC(=O)CCNCC(C)N(C)C. The third-order valence-corrected chi connectivity index (χ3v) is 2.13. The minimum absolute atomic E-state index is 0.0880. The van der Waals surface area contributed by atoms with Crippen molar-refractivity contribution in [2.24, 2.45) is 0 Å². The van der Waals surface area contributed by atoms with Crippen LogP contribution in [0.25, 0.3) is 0 Å². The molecule has 0 saturated heterocycles. The van der Waals surface area contributed by atoms with Crippen molar-refractivity contribution >= 4 is 5.91 Å². The quantitative estimate of drug-likeness (QED) is 0.559. The first-order chi connectivity index (χ1) is 6.07. The van der Waals surface area contributed by atoms with Gasteiger partial charge in [-0.2, -0.15) is 0 Å². The van der Waals surface area contributed by atoms with Crippen LogP contribution < -0.4 is 10.6 Å². The third-order valence-electron chi connectivity index (χ3n) is 2.13. The molecule has 0 heterocycles. The number of nitrogens with one attached hydrogen (secondary N) is 2. The molecule has 4 heteroatoms. The Morgan fingerprint density at radius 2 is 2.08 bits per heavy atom. The van der Waals surface area contributed by atoms with Crippen molar-refractivity contribution < 1.29 is 4.79 Å². The van der Waals surface area contributed by atoms with Crippen LogP contribution in [0.1, 0.15) is 13.3 Å². The summed E-state index contributed by atoms with van der Waals surface area (Å²) in [7, 11) is 5.75. The fourth-order valence-electron chi connectivity index (χ4n) is 0.820. The van der Waals surface area contributed by atoms with Crippen LogP contribution in [0.15, 0.2) is 0 Å². The minimum atomic E-state index is 0.0880. The van der Waals surface area contributed by atoms with Crippen LogP contribution in [0.4, 0.5) is 0 Å². The Hall–Kier alpha value is -0.610. The summed E-state index contributed by atoms with van der Waals surface area (Å²) in [5, 5.41) is 5.82. The highest BCUT2D eigenvalue weighted by atomic mass is 16.1. The fourth-order valence-corrected chi connectivity index (χ4v) is 0.820. The monoisotopic (exact) mass is 187 g/mol. The van der Waals surface area contributed by atoms with Gasteiger partial charge in [-0.15, -0.1) is 0 Å². The van der Waals surface area contributed by atoms with Gasteiger partial charge in [0, 0.05) is 32.6 Å². The highest BCUT2D eigenvalue weighted by Crippen LogP contribution is 1.88. The number of hydrogen-bond donors (Lipinski definition) is 2. The van der Waals surface area contributed by atoms with E-state index in [9.17, 15) is 4.79 Å². The van der Waals surface area contributed by atoms with E-state index in [0.29, 0.717) is 12.5 Å². The summed E-state index contributed by atoms with van der Waals surface area (Å²) in [4.78, 5) is 13.0. The van der Waals surface area contributed by atoms with E-state index in [1.165, 1.54) is 0 Å². The third kappa shape index (κ3) is 6.54. The molecule has 0 bridgehead atoms. The zero-order valence-electron chi connectivity index (χ0n) is 9.05. The molecule has 13 heavy (non-hydrogen) atoms. The second-order valence-corrected chi connectivity index (χ2v) is 3.44. The maximum Gasteiger partial charge on any atom is 0.221 e. The molecule has 0 aliphatic carbocycles. The van der Waals surface area contributed by atoms with Gasteiger partial charge in [0.05, 0.1) is 0 Å². The summed E-state index contributed by atoms with van der Waals surface area (Å²) in [5.74, 6) is 0.0880. The van der Waals surface area contributed by atoms with Crippen molar-refractivity contribution in [1.29, 1.82) is 0 Å². The predicted molar refractivity (Wildman–Crippen MR) is 54.7 cm³/mol. The lowest BCUT2D eigenvalue weighted by Crippen LogP contribution is -2.36. The van der Waals surface area contributed by atoms with Crippen molar-refractivity contribution in [3.63, 3.8) is 0 Å². The number of rotatable bonds is 6. The molecule has 0 aliphatic rings. The summed E-state index contributed by atoms with van der Waals surface area (Å²) in [6.45, 7) is 3.81. The largest absolute Gasteiger partial charge is 0.359 e. The number of carbonyl (C=O) groups excluding carboxylic acids is 1. The fraction of sp³-hybridized carbons (Fsp3) is 0.889. The smallest absolute Gasteiger partial charge is 0.221 e. The first kappa shape index (κ1) is 12.4. The summed E-state index contributed by atoms with van der Waals surface area (Å²) >= 11 is 0. The van der Waals surface area contributed by atoms with Crippen molar-refractivity contribution in [3.05, 3.63) is 0 Å². The van der Waals surface area contributed by atoms with Gasteiger partial charge in [0.1, 0.15) is 0 Å². The number of amides is 1. The lowest BCUT2D eigenvalue weighted by Gasteiger charge is -2.19. The van der Waals surface area contributed by atoms with Gasteiger partial charge in [-0.3, -0.25) is 4.79 Å². The molecule has 2 N–H and O–H groups in total. The summed E-state index contributed by atoms with van der Waals surface area (Å²) < 4.78 is 0. The molecule has 0 saturated carbocycles. The maximum absolute atomic E-state index is 10.8. The van der Waals surface area contributed by atoms with Gasteiger partial charge in [0.15, 0.2) is 0 Å². The molecular formula is C9H21N3O. The van der Waals surface area contributed by atoms with Crippen LogP contribution in [-0.2, 0) is 4.79 Å². The molecule has 4 nitrogen and oxygen atoms in total. The van der Waals surface area contributed by atoms with Crippen molar-refractivity contribution in [1.82, 2.24) is 15.5 Å². The Bertz CT molecular complexity index is 148. The molecule has 0 spiro atoms. The zero-order valence-corrected chi connectivity index (χ0v) is 9.05. The van der Waals surface area contributed by atoms with E-state index >= 15 is 0 Å². The summed E-state index contributed by atoms with van der Waals surface area (Å²) in [6, 6.07) is 0.504. The molecule has 0 radical (unpaired) electrons.